The number of likely N-dealkylation sites (tertiary alicyclic amines) is 1. The van der Waals surface area contributed by atoms with Gasteiger partial charge in [-0.1, -0.05) is 0 Å². The van der Waals surface area contributed by atoms with E-state index in [0.717, 1.165) is 25.9 Å². The van der Waals surface area contributed by atoms with Crippen molar-refractivity contribution in [3.05, 3.63) is 18.3 Å². The van der Waals surface area contributed by atoms with Gasteiger partial charge in [0.25, 0.3) is 0 Å². The van der Waals surface area contributed by atoms with E-state index in [9.17, 15) is 4.79 Å². The van der Waals surface area contributed by atoms with Crippen LogP contribution in [0.25, 0.3) is 0 Å². The largest absolute Gasteiger partial charge is 0.487 e. The molecule has 2 heterocycles. The number of hydrogen-bond acceptors (Lipinski definition) is 4. The molecule has 1 N–H and O–H groups in total. The molecule has 5 nitrogen and oxygen atoms in total. The van der Waals surface area contributed by atoms with E-state index in [0.29, 0.717) is 11.6 Å². The molecular formula is C15H23N3O2. The second kappa shape index (κ2) is 6.59. The predicted octanol–water partition coefficient (Wildman–Crippen LogP) is 2.29. The molecule has 1 aliphatic rings. The number of rotatable bonds is 5. The zero-order valence-corrected chi connectivity index (χ0v) is 12.4. The van der Waals surface area contributed by atoms with Gasteiger partial charge in [0.2, 0.25) is 5.91 Å². The minimum atomic E-state index is -0.294. The molecule has 1 aliphatic heterocycles. The van der Waals surface area contributed by atoms with Crippen LogP contribution in [-0.2, 0) is 4.79 Å². The van der Waals surface area contributed by atoms with Gasteiger partial charge in [0, 0.05) is 19.3 Å². The van der Waals surface area contributed by atoms with Crippen LogP contribution in [0.15, 0.2) is 18.3 Å². The average Bonchev–Trinajstić information content (AvgIpc) is 2.93. The van der Waals surface area contributed by atoms with Gasteiger partial charge in [0.05, 0.1) is 6.10 Å². The molecule has 0 aliphatic carbocycles. The molecule has 0 radical (unpaired) electrons. The fourth-order valence-corrected chi connectivity index (χ4v) is 2.33. The van der Waals surface area contributed by atoms with Gasteiger partial charge in [-0.3, -0.25) is 4.79 Å². The smallest absolute Gasteiger partial charge is 0.244 e. The summed E-state index contributed by atoms with van der Waals surface area (Å²) >= 11 is 0. The summed E-state index contributed by atoms with van der Waals surface area (Å²) < 4.78 is 5.70. The molecule has 1 aromatic heterocycles. The van der Waals surface area contributed by atoms with E-state index in [-0.39, 0.29) is 18.1 Å². The summed E-state index contributed by atoms with van der Waals surface area (Å²) in [6, 6.07) is 3.40. The Labute approximate surface area is 120 Å². The second-order valence-corrected chi connectivity index (χ2v) is 5.42. The Bertz CT molecular complexity index is 456. The lowest BCUT2D eigenvalue weighted by molar-refractivity contribution is -0.130. The highest BCUT2D eigenvalue weighted by atomic mass is 16.5. The van der Waals surface area contributed by atoms with Gasteiger partial charge >= 0.3 is 0 Å². The van der Waals surface area contributed by atoms with Crippen molar-refractivity contribution in [2.45, 2.75) is 45.8 Å². The maximum Gasteiger partial charge on any atom is 0.244 e. The van der Waals surface area contributed by atoms with Gasteiger partial charge in [0.15, 0.2) is 11.6 Å². The summed E-state index contributed by atoms with van der Waals surface area (Å²) in [5, 5.41) is 3.17. The number of ether oxygens (including phenoxy) is 1. The van der Waals surface area contributed by atoms with Crippen LogP contribution in [0.4, 0.5) is 5.82 Å². The summed E-state index contributed by atoms with van der Waals surface area (Å²) in [6.07, 6.45) is 3.97. The molecule has 0 saturated carbocycles. The van der Waals surface area contributed by atoms with Crippen LogP contribution in [0, 0.1) is 0 Å². The summed E-state index contributed by atoms with van der Waals surface area (Å²) in [5.74, 6) is 1.44. The lowest BCUT2D eigenvalue weighted by atomic mass is 10.2. The number of pyridine rings is 1. The number of amides is 1. The maximum atomic E-state index is 12.3. The number of nitrogens with one attached hydrogen (secondary N) is 1. The quantitative estimate of drug-likeness (QED) is 0.897. The Morgan fingerprint density at radius 1 is 1.35 bits per heavy atom. The van der Waals surface area contributed by atoms with Crippen LogP contribution in [0.5, 0.6) is 5.75 Å². The molecule has 0 aromatic carbocycles. The Balaban J connectivity index is 2.03. The number of hydrogen-bond donors (Lipinski definition) is 1. The highest BCUT2D eigenvalue weighted by molar-refractivity contribution is 5.84. The molecule has 110 valence electrons. The summed E-state index contributed by atoms with van der Waals surface area (Å²) in [5.41, 5.74) is 0. The molecule has 1 atom stereocenters. The van der Waals surface area contributed by atoms with Crippen LogP contribution in [-0.4, -0.2) is 41.0 Å². The highest BCUT2D eigenvalue weighted by Crippen LogP contribution is 2.23. The molecule has 1 fully saturated rings. The van der Waals surface area contributed by atoms with Gasteiger partial charge in [0.1, 0.15) is 6.04 Å². The number of carbonyl (C=O) groups is 1. The van der Waals surface area contributed by atoms with Crippen LogP contribution >= 0.6 is 0 Å². The molecule has 1 amide bonds. The van der Waals surface area contributed by atoms with Crippen LogP contribution in [0.3, 0.4) is 0 Å². The number of nitrogens with zero attached hydrogens (tertiary/aromatic N) is 2. The van der Waals surface area contributed by atoms with E-state index in [1.54, 1.807) is 6.20 Å². The number of aromatic nitrogens is 1. The SMILES string of the molecule is CC(C)Oc1cccnc1NC(C)C(=O)N1CCCC1. The van der Waals surface area contributed by atoms with Crippen molar-refractivity contribution >= 4 is 11.7 Å². The van der Waals surface area contributed by atoms with Crippen LogP contribution in [0.1, 0.15) is 33.6 Å². The molecule has 0 spiro atoms. The lowest BCUT2D eigenvalue weighted by Crippen LogP contribution is -2.39. The monoisotopic (exact) mass is 277 g/mol. The molecular weight excluding hydrogens is 254 g/mol. The van der Waals surface area contributed by atoms with E-state index >= 15 is 0 Å². The topological polar surface area (TPSA) is 54.5 Å². The number of anilines is 1. The van der Waals surface area contributed by atoms with Crippen molar-refractivity contribution in [1.82, 2.24) is 9.88 Å². The van der Waals surface area contributed by atoms with E-state index in [1.165, 1.54) is 0 Å². The average molecular weight is 277 g/mol. The highest BCUT2D eigenvalue weighted by Gasteiger charge is 2.24. The van der Waals surface area contributed by atoms with E-state index in [2.05, 4.69) is 10.3 Å². The zero-order chi connectivity index (χ0) is 14.5. The second-order valence-electron chi connectivity index (χ2n) is 5.42. The number of carbonyl (C=O) groups excluding carboxylic acids is 1. The molecule has 2 rings (SSSR count). The Morgan fingerprint density at radius 3 is 2.70 bits per heavy atom. The fraction of sp³-hybridized carbons (Fsp3) is 0.600. The van der Waals surface area contributed by atoms with Gasteiger partial charge in [-0.15, -0.1) is 0 Å². The van der Waals surface area contributed by atoms with E-state index in [1.807, 2.05) is 37.8 Å². The molecule has 5 heteroatoms. The molecule has 1 unspecified atom stereocenters. The predicted molar refractivity (Wildman–Crippen MR) is 78.9 cm³/mol. The minimum Gasteiger partial charge on any atom is -0.487 e. The van der Waals surface area contributed by atoms with Crippen molar-refractivity contribution in [3.8, 4) is 5.75 Å². The van der Waals surface area contributed by atoms with Crippen molar-refractivity contribution in [1.29, 1.82) is 0 Å². The van der Waals surface area contributed by atoms with E-state index in [4.69, 9.17) is 4.74 Å². The maximum absolute atomic E-state index is 12.3. The summed E-state index contributed by atoms with van der Waals surface area (Å²) in [7, 11) is 0. The first kappa shape index (κ1) is 14.6. The normalized spacial score (nSPS) is 16.3. The summed E-state index contributed by atoms with van der Waals surface area (Å²) in [4.78, 5) is 18.5. The first-order valence-electron chi connectivity index (χ1n) is 7.25. The Morgan fingerprint density at radius 2 is 2.05 bits per heavy atom. The molecule has 20 heavy (non-hydrogen) atoms. The molecule has 1 saturated heterocycles. The molecule has 1 aromatic rings. The Hall–Kier alpha value is -1.78. The minimum absolute atomic E-state index is 0.0735. The van der Waals surface area contributed by atoms with Crippen molar-refractivity contribution < 1.29 is 9.53 Å². The third-order valence-corrected chi connectivity index (χ3v) is 3.27. The first-order valence-corrected chi connectivity index (χ1v) is 7.25. The van der Waals surface area contributed by atoms with Crippen molar-refractivity contribution in [2.24, 2.45) is 0 Å². The zero-order valence-electron chi connectivity index (χ0n) is 12.4. The summed E-state index contributed by atoms with van der Waals surface area (Å²) in [6.45, 7) is 7.53. The van der Waals surface area contributed by atoms with Gasteiger partial charge < -0.3 is 15.0 Å². The van der Waals surface area contributed by atoms with Gasteiger partial charge in [-0.05, 0) is 45.7 Å². The molecule has 0 bridgehead atoms. The van der Waals surface area contributed by atoms with Gasteiger partial charge in [-0.2, -0.15) is 0 Å². The van der Waals surface area contributed by atoms with Crippen molar-refractivity contribution in [3.63, 3.8) is 0 Å². The third-order valence-electron chi connectivity index (χ3n) is 3.27. The van der Waals surface area contributed by atoms with Gasteiger partial charge in [-0.25, -0.2) is 4.98 Å². The third kappa shape index (κ3) is 3.62. The Kier molecular flexibility index (Phi) is 4.82. The van der Waals surface area contributed by atoms with Crippen LogP contribution < -0.4 is 10.1 Å². The lowest BCUT2D eigenvalue weighted by Gasteiger charge is -2.22. The standard InChI is InChI=1S/C15H23N3O2/c1-11(2)20-13-7-6-8-16-14(13)17-12(3)15(19)18-9-4-5-10-18/h6-8,11-12H,4-5,9-10H2,1-3H3,(H,16,17). The fourth-order valence-electron chi connectivity index (χ4n) is 2.33. The van der Waals surface area contributed by atoms with Crippen molar-refractivity contribution in [2.75, 3.05) is 18.4 Å². The van der Waals surface area contributed by atoms with E-state index < -0.39 is 0 Å². The van der Waals surface area contributed by atoms with Crippen LogP contribution in [0.2, 0.25) is 0 Å². The first-order chi connectivity index (χ1) is 9.58.